The largest absolute Gasteiger partial charge is 0.504 e. The zero-order chi connectivity index (χ0) is 22.1. The number of pyridine rings is 2. The van der Waals surface area contributed by atoms with E-state index in [-0.39, 0.29) is 53.6 Å². The Morgan fingerprint density at radius 3 is 2.71 bits per heavy atom. The van der Waals surface area contributed by atoms with E-state index in [0.29, 0.717) is 23.2 Å². The molecule has 3 heterocycles. The monoisotopic (exact) mass is 422 g/mol. The van der Waals surface area contributed by atoms with Gasteiger partial charge >= 0.3 is 0 Å². The summed E-state index contributed by atoms with van der Waals surface area (Å²) in [5, 5.41) is 14.0. The Hall–Kier alpha value is -3.55. The highest BCUT2D eigenvalue weighted by Gasteiger charge is 2.35. The Bertz CT molecular complexity index is 1150. The average molecular weight is 422 g/mol. The van der Waals surface area contributed by atoms with E-state index >= 15 is 0 Å². The summed E-state index contributed by atoms with van der Waals surface area (Å²) in [6, 6.07) is 9.35. The van der Waals surface area contributed by atoms with Crippen molar-refractivity contribution in [2.75, 3.05) is 6.54 Å². The van der Waals surface area contributed by atoms with Gasteiger partial charge in [0.2, 0.25) is 5.91 Å². The number of carbonyl (C=O) groups excluding carboxylic acids is 2. The number of aromatic nitrogens is 2. The van der Waals surface area contributed by atoms with E-state index in [9.17, 15) is 19.1 Å². The number of likely N-dealkylation sites (tertiary alicyclic amines) is 1. The van der Waals surface area contributed by atoms with Crippen molar-refractivity contribution in [1.29, 1.82) is 0 Å². The molecular formula is C23H23FN4O3. The van der Waals surface area contributed by atoms with Gasteiger partial charge < -0.3 is 15.3 Å². The molecular weight excluding hydrogens is 399 g/mol. The number of rotatable bonds is 5. The molecule has 0 aliphatic carbocycles. The fourth-order valence-electron chi connectivity index (χ4n) is 3.90. The van der Waals surface area contributed by atoms with Crippen molar-refractivity contribution in [3.63, 3.8) is 0 Å². The Morgan fingerprint density at radius 1 is 1.29 bits per heavy atom. The van der Waals surface area contributed by atoms with Crippen molar-refractivity contribution in [2.24, 2.45) is 0 Å². The second-order valence-electron chi connectivity index (χ2n) is 7.94. The van der Waals surface area contributed by atoms with E-state index in [0.717, 1.165) is 0 Å². The molecule has 2 amide bonds. The minimum Gasteiger partial charge on any atom is -0.504 e. The molecule has 2 N–H and O–H groups in total. The van der Waals surface area contributed by atoms with Crippen molar-refractivity contribution in [2.45, 2.75) is 38.8 Å². The molecule has 4 rings (SSSR count). The minimum absolute atomic E-state index is 0.0363. The van der Waals surface area contributed by atoms with Gasteiger partial charge in [-0.15, -0.1) is 0 Å². The van der Waals surface area contributed by atoms with Gasteiger partial charge in [0.25, 0.3) is 5.91 Å². The third-order valence-corrected chi connectivity index (χ3v) is 5.51. The van der Waals surface area contributed by atoms with Crippen LogP contribution in [-0.2, 0) is 11.3 Å². The van der Waals surface area contributed by atoms with Crippen LogP contribution in [0.1, 0.15) is 47.9 Å². The highest BCUT2D eigenvalue weighted by molar-refractivity contribution is 6.01. The molecule has 0 radical (unpaired) electrons. The average Bonchev–Trinajstić information content (AvgIpc) is 3.15. The van der Waals surface area contributed by atoms with E-state index < -0.39 is 5.91 Å². The molecule has 1 aromatic carbocycles. The van der Waals surface area contributed by atoms with Crippen molar-refractivity contribution < 1.29 is 19.1 Å². The molecule has 3 aromatic rings. The quantitative estimate of drug-likeness (QED) is 0.659. The number of nitrogens with zero attached hydrogens (tertiary/aromatic N) is 3. The van der Waals surface area contributed by atoms with E-state index in [1.54, 1.807) is 29.2 Å². The molecule has 7 nitrogen and oxygen atoms in total. The first-order valence-electron chi connectivity index (χ1n) is 10.1. The maximum Gasteiger partial charge on any atom is 0.274 e. The predicted molar refractivity (Wildman–Crippen MR) is 113 cm³/mol. The summed E-state index contributed by atoms with van der Waals surface area (Å²) in [7, 11) is 0. The molecule has 0 spiro atoms. The lowest BCUT2D eigenvalue weighted by molar-refractivity contribution is -0.129. The van der Waals surface area contributed by atoms with Gasteiger partial charge in [0.1, 0.15) is 11.3 Å². The van der Waals surface area contributed by atoms with Gasteiger partial charge in [-0.3, -0.25) is 14.6 Å². The number of benzene rings is 1. The molecule has 1 aliphatic rings. The Morgan fingerprint density at radius 2 is 2.03 bits per heavy atom. The molecule has 160 valence electrons. The topological polar surface area (TPSA) is 95.4 Å². The normalized spacial score (nSPS) is 16.3. The van der Waals surface area contributed by atoms with Crippen LogP contribution in [0.5, 0.6) is 5.75 Å². The van der Waals surface area contributed by atoms with Gasteiger partial charge in [-0.05, 0) is 43.7 Å². The number of aromatic hydroxyl groups is 1. The summed E-state index contributed by atoms with van der Waals surface area (Å²) in [5.41, 5.74) is 1.42. The SMILES string of the molecule is CC(C)N1CC(c2nc(C(=O)NCc3ccc(F)cc3)c(O)c3ncccc23)CC1=O. The minimum atomic E-state index is -0.569. The number of fused-ring (bicyclic) bond motifs is 1. The number of hydrogen-bond acceptors (Lipinski definition) is 5. The van der Waals surface area contributed by atoms with Crippen LogP contribution < -0.4 is 5.32 Å². The van der Waals surface area contributed by atoms with Gasteiger partial charge in [0.05, 0.1) is 5.69 Å². The molecule has 8 heteroatoms. The highest BCUT2D eigenvalue weighted by Crippen LogP contribution is 2.36. The van der Waals surface area contributed by atoms with Crippen LogP contribution in [-0.4, -0.2) is 44.4 Å². The summed E-state index contributed by atoms with van der Waals surface area (Å²) in [6.07, 6.45) is 1.82. The summed E-state index contributed by atoms with van der Waals surface area (Å²) in [4.78, 5) is 35.8. The van der Waals surface area contributed by atoms with Crippen LogP contribution in [0.3, 0.4) is 0 Å². The maximum absolute atomic E-state index is 13.1. The number of halogens is 1. The lowest BCUT2D eigenvalue weighted by Gasteiger charge is -2.21. The number of nitrogens with one attached hydrogen (secondary N) is 1. The predicted octanol–water partition coefficient (Wildman–Crippen LogP) is 3.13. The molecule has 31 heavy (non-hydrogen) atoms. The number of carbonyl (C=O) groups is 2. The van der Waals surface area contributed by atoms with Gasteiger partial charge in [-0.2, -0.15) is 0 Å². The Kier molecular flexibility index (Phi) is 5.54. The maximum atomic E-state index is 13.1. The van der Waals surface area contributed by atoms with E-state index in [4.69, 9.17) is 0 Å². The number of amides is 2. The fourth-order valence-corrected chi connectivity index (χ4v) is 3.90. The summed E-state index contributed by atoms with van der Waals surface area (Å²) >= 11 is 0. The zero-order valence-corrected chi connectivity index (χ0v) is 17.3. The van der Waals surface area contributed by atoms with Gasteiger partial charge in [0, 0.05) is 43.1 Å². The fraction of sp³-hybridized carbons (Fsp3) is 0.304. The van der Waals surface area contributed by atoms with Crippen LogP contribution in [0.4, 0.5) is 4.39 Å². The third-order valence-electron chi connectivity index (χ3n) is 5.51. The van der Waals surface area contributed by atoms with E-state index in [1.807, 2.05) is 13.8 Å². The second-order valence-corrected chi connectivity index (χ2v) is 7.94. The molecule has 0 bridgehead atoms. The molecule has 1 saturated heterocycles. The first-order chi connectivity index (χ1) is 14.8. The zero-order valence-electron chi connectivity index (χ0n) is 17.3. The first-order valence-corrected chi connectivity index (χ1v) is 10.1. The van der Waals surface area contributed by atoms with Crippen molar-refractivity contribution in [3.05, 3.63) is 65.4 Å². The first kappa shape index (κ1) is 20.7. The molecule has 2 aromatic heterocycles. The molecule has 1 aliphatic heterocycles. The second kappa shape index (κ2) is 8.29. The number of hydrogen-bond donors (Lipinski definition) is 2. The van der Waals surface area contributed by atoms with Gasteiger partial charge in [0.15, 0.2) is 11.4 Å². The van der Waals surface area contributed by atoms with Gasteiger partial charge in [-0.25, -0.2) is 9.37 Å². The van der Waals surface area contributed by atoms with Crippen LogP contribution in [0.15, 0.2) is 42.6 Å². The molecule has 1 fully saturated rings. The lowest BCUT2D eigenvalue weighted by atomic mass is 9.98. The molecule has 1 atom stereocenters. The van der Waals surface area contributed by atoms with Crippen LogP contribution in [0.25, 0.3) is 10.9 Å². The Labute approximate surface area is 178 Å². The summed E-state index contributed by atoms with van der Waals surface area (Å²) < 4.78 is 13.1. The smallest absolute Gasteiger partial charge is 0.274 e. The van der Waals surface area contributed by atoms with Crippen molar-refractivity contribution in [1.82, 2.24) is 20.2 Å². The third kappa shape index (κ3) is 4.05. The van der Waals surface area contributed by atoms with Crippen LogP contribution >= 0.6 is 0 Å². The molecule has 0 saturated carbocycles. The van der Waals surface area contributed by atoms with Crippen LogP contribution in [0, 0.1) is 5.82 Å². The summed E-state index contributed by atoms with van der Waals surface area (Å²) in [5.74, 6) is -1.40. The Balaban J connectivity index is 1.68. The summed E-state index contributed by atoms with van der Waals surface area (Å²) in [6.45, 7) is 4.56. The van der Waals surface area contributed by atoms with E-state index in [2.05, 4.69) is 15.3 Å². The highest BCUT2D eigenvalue weighted by atomic mass is 19.1. The van der Waals surface area contributed by atoms with Crippen molar-refractivity contribution in [3.8, 4) is 5.75 Å². The standard InChI is InChI=1S/C23H23FN4O3/c1-13(2)28-12-15(10-18(28)29)19-17-4-3-9-25-20(17)22(30)21(27-19)23(31)26-11-14-5-7-16(24)8-6-14/h3-9,13,15,30H,10-12H2,1-2H3,(H,26,31). The molecule has 1 unspecified atom stereocenters. The van der Waals surface area contributed by atoms with Crippen LogP contribution in [0.2, 0.25) is 0 Å². The lowest BCUT2D eigenvalue weighted by Crippen LogP contribution is -2.32. The van der Waals surface area contributed by atoms with Crippen molar-refractivity contribution >= 4 is 22.7 Å². The van der Waals surface area contributed by atoms with Gasteiger partial charge in [-0.1, -0.05) is 12.1 Å². The van der Waals surface area contributed by atoms with E-state index in [1.165, 1.54) is 18.3 Å².